The molecular formula is C14H13F3N2O. The third kappa shape index (κ3) is 2.64. The van der Waals surface area contributed by atoms with Crippen molar-refractivity contribution in [3.63, 3.8) is 0 Å². The minimum atomic E-state index is -4.37. The Morgan fingerprint density at radius 3 is 2.70 bits per heavy atom. The van der Waals surface area contributed by atoms with E-state index in [0.717, 1.165) is 15.8 Å². The Balaban J connectivity index is 1.88. The number of fused-ring (bicyclic) bond motifs is 1. The molecule has 3 nitrogen and oxygen atoms in total. The summed E-state index contributed by atoms with van der Waals surface area (Å²) in [6.07, 6.45) is -1.35. The van der Waals surface area contributed by atoms with Crippen molar-refractivity contribution in [3.05, 3.63) is 36.0 Å². The molecule has 2 aromatic rings. The molecule has 0 bridgehead atoms. The van der Waals surface area contributed by atoms with Crippen LogP contribution in [0.1, 0.15) is 23.2 Å². The van der Waals surface area contributed by atoms with Gasteiger partial charge in [-0.15, -0.1) is 0 Å². The van der Waals surface area contributed by atoms with Crippen molar-refractivity contribution < 1.29 is 18.0 Å². The number of nitrogens with zero attached hydrogens (tertiary/aromatic N) is 1. The van der Waals surface area contributed by atoms with Gasteiger partial charge in [-0.3, -0.25) is 4.79 Å². The Morgan fingerprint density at radius 1 is 1.30 bits per heavy atom. The van der Waals surface area contributed by atoms with Gasteiger partial charge in [0.15, 0.2) is 0 Å². The lowest BCUT2D eigenvalue weighted by atomic mass is 10.1. The second-order valence-electron chi connectivity index (χ2n) is 5.06. The van der Waals surface area contributed by atoms with Crippen LogP contribution in [0.5, 0.6) is 0 Å². The summed E-state index contributed by atoms with van der Waals surface area (Å²) >= 11 is 0. The molecule has 1 N–H and O–H groups in total. The van der Waals surface area contributed by atoms with Crippen LogP contribution in [0.25, 0.3) is 10.9 Å². The van der Waals surface area contributed by atoms with Crippen LogP contribution in [0, 0.1) is 0 Å². The minimum Gasteiger partial charge on any atom is -0.361 e. The van der Waals surface area contributed by atoms with E-state index in [2.05, 4.69) is 4.98 Å². The summed E-state index contributed by atoms with van der Waals surface area (Å²) in [5.41, 5.74) is 1.04. The summed E-state index contributed by atoms with van der Waals surface area (Å²) < 4.78 is 37.7. The predicted molar refractivity (Wildman–Crippen MR) is 68.4 cm³/mol. The maximum Gasteiger partial charge on any atom is 0.406 e. The first-order valence-electron chi connectivity index (χ1n) is 6.39. The lowest BCUT2D eigenvalue weighted by Gasteiger charge is -2.23. The highest BCUT2D eigenvalue weighted by molar-refractivity contribution is 5.98. The summed E-state index contributed by atoms with van der Waals surface area (Å²) in [7, 11) is 0. The van der Waals surface area contributed by atoms with Gasteiger partial charge in [-0.05, 0) is 36.4 Å². The van der Waals surface area contributed by atoms with Crippen LogP contribution in [0.3, 0.4) is 0 Å². The average Bonchev–Trinajstić information content (AvgIpc) is 3.11. The number of nitrogens with one attached hydrogen (secondary N) is 1. The standard InChI is InChI=1S/C14H13F3N2O/c15-14(16,17)8-19(11-3-4-11)13(20)10-2-1-9-5-6-18-12(9)7-10/h1-2,5-7,11,18H,3-4,8H2. The number of hydrogen-bond donors (Lipinski definition) is 1. The number of H-pyrrole nitrogens is 1. The molecule has 1 heterocycles. The van der Waals surface area contributed by atoms with Gasteiger partial charge in [-0.1, -0.05) is 6.07 Å². The number of aromatic amines is 1. The maximum absolute atomic E-state index is 12.6. The molecule has 0 spiro atoms. The third-order valence-electron chi connectivity index (χ3n) is 3.40. The summed E-state index contributed by atoms with van der Waals surface area (Å²) in [6.45, 7) is -1.18. The first-order valence-corrected chi connectivity index (χ1v) is 6.39. The van der Waals surface area contributed by atoms with Crippen molar-refractivity contribution in [1.29, 1.82) is 0 Å². The van der Waals surface area contributed by atoms with Gasteiger partial charge in [0.05, 0.1) is 0 Å². The van der Waals surface area contributed by atoms with Crippen molar-refractivity contribution in [2.75, 3.05) is 6.54 Å². The van der Waals surface area contributed by atoms with Crippen molar-refractivity contribution >= 4 is 16.8 Å². The van der Waals surface area contributed by atoms with E-state index < -0.39 is 18.6 Å². The lowest BCUT2D eigenvalue weighted by molar-refractivity contribution is -0.141. The van der Waals surface area contributed by atoms with Crippen LogP contribution in [0.15, 0.2) is 30.5 Å². The normalized spacial score (nSPS) is 15.6. The Morgan fingerprint density at radius 2 is 2.05 bits per heavy atom. The van der Waals surface area contributed by atoms with Gasteiger partial charge >= 0.3 is 6.18 Å². The first kappa shape index (κ1) is 13.0. The van der Waals surface area contributed by atoms with Crippen LogP contribution in [0.4, 0.5) is 13.2 Å². The molecule has 6 heteroatoms. The minimum absolute atomic E-state index is 0.275. The number of rotatable bonds is 3. The van der Waals surface area contributed by atoms with E-state index in [9.17, 15) is 18.0 Å². The molecule has 1 fully saturated rings. The van der Waals surface area contributed by atoms with Crippen LogP contribution < -0.4 is 0 Å². The summed E-state index contributed by atoms with van der Waals surface area (Å²) in [6, 6.07) is 6.48. The van der Waals surface area contributed by atoms with Crippen molar-refractivity contribution in [1.82, 2.24) is 9.88 Å². The zero-order valence-corrected chi connectivity index (χ0v) is 10.6. The number of amides is 1. The molecule has 1 aromatic carbocycles. The molecular weight excluding hydrogens is 269 g/mol. The van der Waals surface area contributed by atoms with Crippen molar-refractivity contribution in [2.24, 2.45) is 0 Å². The van der Waals surface area contributed by atoms with Gasteiger partial charge in [-0.2, -0.15) is 13.2 Å². The van der Waals surface area contributed by atoms with Crippen LogP contribution in [-0.4, -0.2) is 34.6 Å². The number of hydrogen-bond acceptors (Lipinski definition) is 1. The molecule has 1 aliphatic rings. The monoisotopic (exact) mass is 282 g/mol. The van der Waals surface area contributed by atoms with Crippen molar-refractivity contribution in [3.8, 4) is 0 Å². The second kappa shape index (κ2) is 4.54. The Labute approximate surface area is 113 Å². The predicted octanol–water partition coefficient (Wildman–Crippen LogP) is 3.33. The lowest BCUT2D eigenvalue weighted by Crippen LogP contribution is -2.40. The molecule has 1 aliphatic carbocycles. The van der Waals surface area contributed by atoms with E-state index >= 15 is 0 Å². The summed E-state index contributed by atoms with van der Waals surface area (Å²) in [5, 5.41) is 0.926. The molecule has 106 valence electrons. The number of aromatic nitrogens is 1. The molecule has 1 aromatic heterocycles. The Kier molecular flexibility index (Phi) is 2.96. The number of carbonyl (C=O) groups is 1. The van der Waals surface area contributed by atoms with Gasteiger partial charge in [0.2, 0.25) is 0 Å². The molecule has 1 amide bonds. The molecule has 1 saturated carbocycles. The molecule has 0 aliphatic heterocycles. The highest BCUT2D eigenvalue weighted by atomic mass is 19.4. The number of alkyl halides is 3. The largest absolute Gasteiger partial charge is 0.406 e. The van der Waals surface area contributed by atoms with E-state index in [1.165, 1.54) is 0 Å². The van der Waals surface area contributed by atoms with Gasteiger partial charge in [-0.25, -0.2) is 0 Å². The van der Waals surface area contributed by atoms with E-state index in [0.29, 0.717) is 12.8 Å². The molecule has 0 atom stereocenters. The fraction of sp³-hybridized carbons (Fsp3) is 0.357. The fourth-order valence-electron chi connectivity index (χ4n) is 2.29. The quantitative estimate of drug-likeness (QED) is 0.921. The van der Waals surface area contributed by atoms with E-state index in [4.69, 9.17) is 0 Å². The summed E-state index contributed by atoms with van der Waals surface area (Å²) in [5.74, 6) is -0.554. The molecule has 20 heavy (non-hydrogen) atoms. The fourth-order valence-corrected chi connectivity index (χ4v) is 2.29. The number of carbonyl (C=O) groups excluding carboxylic acids is 1. The molecule has 0 radical (unpaired) electrons. The average molecular weight is 282 g/mol. The topological polar surface area (TPSA) is 36.1 Å². The van der Waals surface area contributed by atoms with E-state index in [-0.39, 0.29) is 11.6 Å². The van der Waals surface area contributed by atoms with Gasteiger partial charge in [0.25, 0.3) is 5.91 Å². The highest BCUT2D eigenvalue weighted by Crippen LogP contribution is 2.31. The second-order valence-corrected chi connectivity index (χ2v) is 5.06. The van der Waals surface area contributed by atoms with Crippen LogP contribution in [0.2, 0.25) is 0 Å². The summed E-state index contributed by atoms with van der Waals surface area (Å²) in [4.78, 5) is 16.2. The van der Waals surface area contributed by atoms with Gasteiger partial charge in [0.1, 0.15) is 6.54 Å². The first-order chi connectivity index (χ1) is 9.44. The van der Waals surface area contributed by atoms with E-state index in [1.54, 1.807) is 24.4 Å². The number of benzene rings is 1. The molecule has 0 unspecified atom stereocenters. The van der Waals surface area contributed by atoms with Gasteiger partial charge in [0, 0.05) is 23.3 Å². The molecule has 3 rings (SSSR count). The van der Waals surface area contributed by atoms with E-state index in [1.807, 2.05) is 6.07 Å². The Bertz CT molecular complexity index is 643. The SMILES string of the molecule is O=C(c1ccc2cc[nH]c2c1)N(CC(F)(F)F)C1CC1. The van der Waals surface area contributed by atoms with Crippen molar-refractivity contribution in [2.45, 2.75) is 25.1 Å². The zero-order chi connectivity index (χ0) is 14.3. The van der Waals surface area contributed by atoms with Crippen LogP contribution >= 0.6 is 0 Å². The van der Waals surface area contributed by atoms with Gasteiger partial charge < -0.3 is 9.88 Å². The third-order valence-corrected chi connectivity index (χ3v) is 3.40. The zero-order valence-electron chi connectivity index (χ0n) is 10.6. The maximum atomic E-state index is 12.6. The highest BCUT2D eigenvalue weighted by Gasteiger charge is 2.40. The smallest absolute Gasteiger partial charge is 0.361 e. The Hall–Kier alpha value is -1.98. The molecule has 0 saturated heterocycles. The van der Waals surface area contributed by atoms with Crippen LogP contribution in [-0.2, 0) is 0 Å². The number of halogens is 3.